The van der Waals surface area contributed by atoms with Crippen LogP contribution < -0.4 is 4.74 Å². The Balaban J connectivity index is 2.54. The first-order valence-electron chi connectivity index (χ1n) is 15.4. The molecular weight excluding hydrogens is 553 g/mol. The zero-order valence-electron chi connectivity index (χ0n) is 29.3. The molecule has 0 fully saturated rings. The molecule has 234 valence electrons. The van der Waals surface area contributed by atoms with E-state index in [1.54, 1.807) is 6.92 Å². The van der Waals surface area contributed by atoms with E-state index in [9.17, 15) is 4.79 Å². The third-order valence-corrected chi connectivity index (χ3v) is 9.70. The normalized spacial score (nSPS) is 13.3. The second-order valence-electron chi connectivity index (χ2n) is 16.4. The first kappa shape index (κ1) is 36.5. The van der Waals surface area contributed by atoms with Gasteiger partial charge in [-0.15, -0.1) is 23.5 Å². The van der Waals surface area contributed by atoms with E-state index in [2.05, 4.69) is 134 Å². The second-order valence-corrected chi connectivity index (χ2v) is 20.0. The van der Waals surface area contributed by atoms with Gasteiger partial charge < -0.3 is 9.53 Å². The Labute approximate surface area is 267 Å². The summed E-state index contributed by atoms with van der Waals surface area (Å²) in [6.45, 7) is 37.8. The Bertz CT molecular complexity index is 1200. The minimum atomic E-state index is -0.120. The fraction of sp³-hybridized carbons (Fsp3) is 0.605. The van der Waals surface area contributed by atoms with Gasteiger partial charge >= 0.3 is 0 Å². The summed E-state index contributed by atoms with van der Waals surface area (Å²) in [5, 5.41) is 0. The van der Waals surface area contributed by atoms with Crippen LogP contribution in [0.15, 0.2) is 52.5 Å². The van der Waals surface area contributed by atoms with Crippen LogP contribution in [0.5, 0.6) is 5.75 Å². The van der Waals surface area contributed by atoms with Crippen LogP contribution in [0, 0.1) is 0 Å². The first-order chi connectivity index (χ1) is 18.8. The molecule has 0 aliphatic carbocycles. The molecule has 42 heavy (non-hydrogen) atoms. The third kappa shape index (κ3) is 10.8. The van der Waals surface area contributed by atoms with Crippen LogP contribution in [-0.4, -0.2) is 9.86 Å². The maximum atomic E-state index is 11.5. The van der Waals surface area contributed by atoms with Crippen molar-refractivity contribution in [3.05, 3.63) is 64.9 Å². The maximum absolute atomic E-state index is 11.5. The number of Topliss-reactive ketones (excluding diaryl/α,β-unsaturated/α-hetero) is 1. The van der Waals surface area contributed by atoms with Crippen molar-refractivity contribution >= 4 is 29.3 Å². The smallest absolute Gasteiger partial charge is 0.134 e. The van der Waals surface area contributed by atoms with Gasteiger partial charge in [-0.2, -0.15) is 0 Å². The third-order valence-electron chi connectivity index (χ3n) is 7.28. The lowest BCUT2D eigenvalue weighted by atomic mass is 9.79. The molecule has 0 saturated carbocycles. The Kier molecular flexibility index (Phi) is 11.4. The van der Waals surface area contributed by atoms with Gasteiger partial charge in [0, 0.05) is 33.8 Å². The van der Waals surface area contributed by atoms with Gasteiger partial charge in [0.25, 0.3) is 0 Å². The number of rotatable bonds is 10. The quantitative estimate of drug-likeness (QED) is 0.152. The zero-order chi connectivity index (χ0) is 32.5. The monoisotopic (exact) mass is 610 g/mol. The van der Waals surface area contributed by atoms with Gasteiger partial charge in [-0.1, -0.05) is 95.7 Å². The molecule has 4 heteroatoms. The van der Waals surface area contributed by atoms with Gasteiger partial charge in [-0.05, 0) is 84.2 Å². The summed E-state index contributed by atoms with van der Waals surface area (Å²) in [5.41, 5.74) is 5.08. The summed E-state index contributed by atoms with van der Waals surface area (Å²) in [5.74, 6) is 1.84. The van der Waals surface area contributed by atoms with Gasteiger partial charge in [0.2, 0.25) is 0 Å². The Hall–Kier alpha value is -1.65. The Morgan fingerprint density at radius 1 is 0.643 bits per heavy atom. The zero-order valence-corrected chi connectivity index (χ0v) is 31.0. The van der Waals surface area contributed by atoms with Crippen LogP contribution in [0.2, 0.25) is 0 Å². The highest BCUT2D eigenvalue weighted by Gasteiger charge is 2.31. The molecule has 0 aliphatic heterocycles. The van der Waals surface area contributed by atoms with Crippen molar-refractivity contribution in [2.24, 2.45) is 0 Å². The van der Waals surface area contributed by atoms with E-state index in [0.717, 1.165) is 17.9 Å². The standard InChI is InChI=1S/C38H58O2S2/c1-25(39)18-17-19-26(2)40-33-31(36(9,10)11)23-30(24-32(33)37(12,13)14)42-38(15,16)41-29-21-27(34(3,4)5)20-28(22-29)35(6,7)8/h20-24H,2,17-19H2,1,3-16H3. The van der Waals surface area contributed by atoms with Crippen molar-refractivity contribution < 1.29 is 9.53 Å². The summed E-state index contributed by atoms with van der Waals surface area (Å²) in [4.78, 5) is 14.0. The molecule has 2 nitrogen and oxygen atoms in total. The number of thioether (sulfide) groups is 2. The van der Waals surface area contributed by atoms with Crippen molar-refractivity contribution in [3.8, 4) is 5.75 Å². The number of benzene rings is 2. The summed E-state index contributed by atoms with van der Waals surface area (Å²) in [6.07, 6.45) is 1.99. The summed E-state index contributed by atoms with van der Waals surface area (Å²) in [6, 6.07) is 11.8. The number of hydrogen-bond donors (Lipinski definition) is 0. The number of carbonyl (C=O) groups excluding carboxylic acids is 1. The largest absolute Gasteiger partial charge is 0.462 e. The van der Waals surface area contributed by atoms with Crippen LogP contribution in [0.3, 0.4) is 0 Å². The summed E-state index contributed by atoms with van der Waals surface area (Å²) < 4.78 is 6.46. The molecule has 0 aliphatic rings. The lowest BCUT2D eigenvalue weighted by Crippen LogP contribution is -2.20. The van der Waals surface area contributed by atoms with E-state index < -0.39 is 0 Å². The highest BCUT2D eigenvalue weighted by molar-refractivity contribution is 8.18. The fourth-order valence-corrected chi connectivity index (χ4v) is 7.33. The van der Waals surface area contributed by atoms with E-state index >= 15 is 0 Å². The Morgan fingerprint density at radius 2 is 1.05 bits per heavy atom. The molecule has 0 atom stereocenters. The second kappa shape index (κ2) is 13.1. The van der Waals surface area contributed by atoms with Gasteiger partial charge in [-0.3, -0.25) is 0 Å². The molecule has 0 saturated heterocycles. The maximum Gasteiger partial charge on any atom is 0.134 e. The van der Waals surface area contributed by atoms with Crippen LogP contribution >= 0.6 is 23.5 Å². The molecule has 0 unspecified atom stereocenters. The van der Waals surface area contributed by atoms with Crippen molar-refractivity contribution in [3.63, 3.8) is 0 Å². The minimum Gasteiger partial charge on any atom is -0.462 e. The van der Waals surface area contributed by atoms with Crippen molar-refractivity contribution in [2.75, 3.05) is 0 Å². The molecular formula is C38H58O2S2. The molecule has 2 rings (SSSR count). The number of hydrogen-bond acceptors (Lipinski definition) is 4. The van der Waals surface area contributed by atoms with E-state index in [1.807, 2.05) is 23.5 Å². The SMILES string of the molecule is C=C(CCCC(C)=O)Oc1c(C(C)(C)C)cc(SC(C)(C)Sc2cc(C(C)(C)C)cc(C(C)(C)C)c2)cc1C(C)(C)C. The highest BCUT2D eigenvalue weighted by atomic mass is 32.2. The van der Waals surface area contributed by atoms with Gasteiger partial charge in [-0.25, -0.2) is 0 Å². The number of allylic oxidation sites excluding steroid dienone is 1. The minimum absolute atomic E-state index is 0.0863. The van der Waals surface area contributed by atoms with E-state index in [4.69, 9.17) is 4.74 Å². The highest BCUT2D eigenvalue weighted by Crippen LogP contribution is 2.50. The average molecular weight is 611 g/mol. The molecule has 0 aromatic heterocycles. The molecule has 0 radical (unpaired) electrons. The van der Waals surface area contributed by atoms with Gasteiger partial charge in [0.15, 0.2) is 0 Å². The van der Waals surface area contributed by atoms with E-state index in [1.165, 1.54) is 32.0 Å². The lowest BCUT2D eigenvalue weighted by Gasteiger charge is -2.32. The summed E-state index contributed by atoms with van der Waals surface area (Å²) in [7, 11) is 0. The predicted molar refractivity (Wildman–Crippen MR) is 188 cm³/mol. The number of ketones is 1. The molecule has 0 bridgehead atoms. The molecule has 2 aromatic rings. The average Bonchev–Trinajstić information content (AvgIpc) is 2.76. The molecule has 0 heterocycles. The van der Waals surface area contributed by atoms with Crippen molar-refractivity contribution in [1.82, 2.24) is 0 Å². The molecule has 2 aromatic carbocycles. The number of carbonyl (C=O) groups is 1. The van der Waals surface area contributed by atoms with Crippen LogP contribution in [0.25, 0.3) is 0 Å². The Morgan fingerprint density at radius 3 is 1.40 bits per heavy atom. The lowest BCUT2D eigenvalue weighted by molar-refractivity contribution is -0.117. The van der Waals surface area contributed by atoms with E-state index in [-0.39, 0.29) is 31.5 Å². The topological polar surface area (TPSA) is 26.3 Å². The predicted octanol–water partition coefficient (Wildman–Crippen LogP) is 12.1. The van der Waals surface area contributed by atoms with Crippen LogP contribution in [0.1, 0.15) is 145 Å². The fourth-order valence-electron chi connectivity index (χ4n) is 4.73. The van der Waals surface area contributed by atoms with Crippen molar-refractivity contribution in [2.45, 2.75) is 159 Å². The summed E-state index contributed by atoms with van der Waals surface area (Å²) >= 11 is 3.86. The number of ether oxygens (including phenoxy) is 1. The van der Waals surface area contributed by atoms with Crippen LogP contribution in [-0.2, 0) is 26.5 Å². The first-order valence-corrected chi connectivity index (χ1v) is 17.0. The molecule has 0 spiro atoms. The van der Waals surface area contributed by atoms with Gasteiger partial charge in [0.1, 0.15) is 11.5 Å². The van der Waals surface area contributed by atoms with Crippen LogP contribution in [0.4, 0.5) is 0 Å². The van der Waals surface area contributed by atoms with Gasteiger partial charge in [0.05, 0.1) is 9.84 Å². The molecule has 0 N–H and O–H groups in total. The van der Waals surface area contributed by atoms with E-state index in [0.29, 0.717) is 12.8 Å². The van der Waals surface area contributed by atoms with Crippen molar-refractivity contribution in [1.29, 1.82) is 0 Å². The molecule has 0 amide bonds.